The molecule has 0 radical (unpaired) electrons. The number of benzene rings is 2. The van der Waals surface area contributed by atoms with E-state index in [2.05, 4.69) is 52.7 Å². The Kier molecular flexibility index (Phi) is 6.40. The van der Waals surface area contributed by atoms with Gasteiger partial charge < -0.3 is 5.32 Å². The van der Waals surface area contributed by atoms with Gasteiger partial charge in [-0.3, -0.25) is 9.69 Å². The van der Waals surface area contributed by atoms with E-state index >= 15 is 0 Å². The maximum Gasteiger partial charge on any atom is 0.251 e. The molecule has 164 valence electrons. The average Bonchev–Trinajstić information content (AvgIpc) is 3.06. The van der Waals surface area contributed by atoms with Crippen molar-refractivity contribution in [1.82, 2.24) is 10.2 Å². The van der Waals surface area contributed by atoms with Gasteiger partial charge in [-0.15, -0.1) is 0 Å². The van der Waals surface area contributed by atoms with Crippen LogP contribution in [-0.2, 0) is 6.54 Å². The Morgan fingerprint density at radius 3 is 2.19 bits per heavy atom. The topological polar surface area (TPSA) is 32.3 Å². The fourth-order valence-corrected chi connectivity index (χ4v) is 6.39. The quantitative estimate of drug-likeness (QED) is 0.663. The number of amides is 1. The van der Waals surface area contributed by atoms with Gasteiger partial charge in [-0.2, -0.15) is 0 Å². The molecule has 2 unspecified atom stereocenters. The Labute approximate surface area is 187 Å². The van der Waals surface area contributed by atoms with Crippen molar-refractivity contribution >= 4 is 5.91 Å². The lowest BCUT2D eigenvalue weighted by Crippen LogP contribution is -2.45. The summed E-state index contributed by atoms with van der Waals surface area (Å²) < 4.78 is 0. The maximum absolute atomic E-state index is 12.8. The second-order valence-electron chi connectivity index (χ2n) is 10.1. The van der Waals surface area contributed by atoms with Crippen LogP contribution in [0.1, 0.15) is 72.3 Å². The lowest BCUT2D eigenvalue weighted by Gasteiger charge is -2.38. The third kappa shape index (κ3) is 4.87. The van der Waals surface area contributed by atoms with Crippen LogP contribution in [0.25, 0.3) is 0 Å². The van der Waals surface area contributed by atoms with Crippen molar-refractivity contribution in [3.8, 4) is 0 Å². The molecule has 2 saturated carbocycles. The Hall–Kier alpha value is -2.13. The van der Waals surface area contributed by atoms with Gasteiger partial charge >= 0.3 is 0 Å². The van der Waals surface area contributed by atoms with Crippen LogP contribution >= 0.6 is 0 Å². The normalized spacial score (nSPS) is 26.6. The van der Waals surface area contributed by atoms with Gasteiger partial charge in [-0.25, -0.2) is 0 Å². The number of fused-ring (bicyclic) bond motifs is 2. The summed E-state index contributed by atoms with van der Waals surface area (Å²) in [6.07, 6.45) is 9.30. The molecule has 1 heterocycles. The molecule has 1 aliphatic heterocycles. The van der Waals surface area contributed by atoms with Gasteiger partial charge in [0, 0.05) is 31.7 Å². The lowest BCUT2D eigenvalue weighted by molar-refractivity contribution is 0.0856. The first kappa shape index (κ1) is 20.8. The summed E-state index contributed by atoms with van der Waals surface area (Å²) in [5.74, 6) is 2.87. The number of nitrogens with zero attached hydrogens (tertiary/aromatic N) is 1. The number of hydrogen-bond donors (Lipinski definition) is 1. The summed E-state index contributed by atoms with van der Waals surface area (Å²) in [4.78, 5) is 15.4. The molecule has 3 nitrogen and oxygen atoms in total. The summed E-state index contributed by atoms with van der Waals surface area (Å²) in [6.45, 7) is 4.22. The minimum Gasteiger partial charge on any atom is -0.352 e. The molecule has 2 aromatic carbocycles. The summed E-state index contributed by atoms with van der Waals surface area (Å²) in [5.41, 5.74) is 3.64. The van der Waals surface area contributed by atoms with Gasteiger partial charge in [-0.05, 0) is 72.6 Å². The van der Waals surface area contributed by atoms with Crippen molar-refractivity contribution in [1.29, 1.82) is 0 Å². The van der Waals surface area contributed by atoms with Crippen molar-refractivity contribution in [3.63, 3.8) is 0 Å². The number of nitrogens with one attached hydrogen (secondary N) is 1. The number of likely N-dealkylation sites (tertiary alicyclic amines) is 1. The zero-order valence-electron chi connectivity index (χ0n) is 18.6. The number of carbonyl (C=O) groups is 1. The molecule has 2 bridgehead atoms. The van der Waals surface area contributed by atoms with Crippen LogP contribution in [0.5, 0.6) is 0 Å². The first-order valence-corrected chi connectivity index (χ1v) is 12.4. The van der Waals surface area contributed by atoms with Gasteiger partial charge in [0.15, 0.2) is 0 Å². The summed E-state index contributed by atoms with van der Waals surface area (Å²) in [6, 6.07) is 19.3. The zero-order valence-corrected chi connectivity index (χ0v) is 18.6. The number of rotatable bonds is 6. The van der Waals surface area contributed by atoms with Crippen LogP contribution in [0.4, 0.5) is 0 Å². The van der Waals surface area contributed by atoms with Gasteiger partial charge in [0.2, 0.25) is 0 Å². The van der Waals surface area contributed by atoms with E-state index in [4.69, 9.17) is 0 Å². The molecule has 1 amide bonds. The Bertz CT molecular complexity index is 842. The Balaban J connectivity index is 1.13. The molecule has 0 aromatic heterocycles. The minimum atomic E-state index is 0.0984. The third-order valence-electron chi connectivity index (χ3n) is 8.10. The van der Waals surface area contributed by atoms with Crippen LogP contribution in [0.3, 0.4) is 0 Å². The monoisotopic (exact) mass is 416 g/mol. The molecule has 3 aliphatic rings. The standard InChI is InChI=1S/C28H36N2O/c31-28(24-13-11-23(12-14-24)22-9-5-2-6-10-22)29-17-27-25-15-16-26(27)20-30(19-25)18-21-7-3-1-4-8-21/h1,3-4,7-8,11-14,22,25-27H,2,5-6,9-10,15-20H2,(H,29,31). The molecule has 3 fully saturated rings. The lowest BCUT2D eigenvalue weighted by atomic mass is 9.84. The second kappa shape index (κ2) is 9.56. The smallest absolute Gasteiger partial charge is 0.251 e. The van der Waals surface area contributed by atoms with Crippen molar-refractivity contribution < 1.29 is 4.79 Å². The van der Waals surface area contributed by atoms with E-state index in [1.807, 2.05) is 12.1 Å². The minimum absolute atomic E-state index is 0.0984. The fourth-order valence-electron chi connectivity index (χ4n) is 6.39. The van der Waals surface area contributed by atoms with Gasteiger partial charge in [-0.1, -0.05) is 61.7 Å². The first-order valence-electron chi connectivity index (χ1n) is 12.4. The fraction of sp³-hybridized carbons (Fsp3) is 0.536. The summed E-state index contributed by atoms with van der Waals surface area (Å²) in [5, 5.41) is 3.28. The van der Waals surface area contributed by atoms with Crippen LogP contribution in [0.15, 0.2) is 54.6 Å². The molecule has 0 spiro atoms. The SMILES string of the molecule is O=C(NCC1C2CCC1CN(Cc1ccccc1)C2)c1ccc(C2CCCCC2)cc1. The van der Waals surface area contributed by atoms with E-state index in [0.717, 1.165) is 30.5 Å². The van der Waals surface area contributed by atoms with E-state index in [1.165, 1.54) is 69.2 Å². The predicted octanol–water partition coefficient (Wildman–Crippen LogP) is 5.62. The molecule has 5 rings (SSSR count). The molecule has 2 aliphatic carbocycles. The molecular weight excluding hydrogens is 380 g/mol. The highest BCUT2D eigenvalue weighted by Gasteiger charge is 2.41. The first-order chi connectivity index (χ1) is 15.3. The van der Waals surface area contributed by atoms with Crippen LogP contribution in [0.2, 0.25) is 0 Å². The van der Waals surface area contributed by atoms with Crippen molar-refractivity contribution in [2.45, 2.75) is 57.4 Å². The molecule has 1 N–H and O–H groups in total. The zero-order chi connectivity index (χ0) is 21.0. The van der Waals surface area contributed by atoms with E-state index in [9.17, 15) is 4.79 Å². The number of hydrogen-bond acceptors (Lipinski definition) is 2. The molecule has 3 heteroatoms. The molecule has 1 saturated heterocycles. The van der Waals surface area contributed by atoms with Gasteiger partial charge in [0.25, 0.3) is 5.91 Å². The van der Waals surface area contributed by atoms with Crippen molar-refractivity contribution in [2.75, 3.05) is 19.6 Å². The summed E-state index contributed by atoms with van der Waals surface area (Å²) >= 11 is 0. The van der Waals surface area contributed by atoms with Crippen LogP contribution < -0.4 is 5.32 Å². The number of carbonyl (C=O) groups excluding carboxylic acids is 1. The van der Waals surface area contributed by atoms with Crippen molar-refractivity contribution in [2.24, 2.45) is 17.8 Å². The molecule has 2 atom stereocenters. The average molecular weight is 417 g/mol. The molecule has 31 heavy (non-hydrogen) atoms. The Morgan fingerprint density at radius 1 is 0.839 bits per heavy atom. The number of piperidine rings is 1. The Morgan fingerprint density at radius 2 is 1.52 bits per heavy atom. The highest BCUT2D eigenvalue weighted by Crippen LogP contribution is 2.42. The largest absolute Gasteiger partial charge is 0.352 e. The maximum atomic E-state index is 12.8. The third-order valence-corrected chi connectivity index (χ3v) is 8.10. The molecular formula is C28H36N2O. The van der Waals surface area contributed by atoms with E-state index < -0.39 is 0 Å². The van der Waals surface area contributed by atoms with Crippen LogP contribution in [0, 0.1) is 17.8 Å². The van der Waals surface area contributed by atoms with E-state index in [0.29, 0.717) is 11.8 Å². The predicted molar refractivity (Wildman–Crippen MR) is 126 cm³/mol. The highest BCUT2D eigenvalue weighted by atomic mass is 16.1. The van der Waals surface area contributed by atoms with Gasteiger partial charge in [0.05, 0.1) is 0 Å². The summed E-state index contributed by atoms with van der Waals surface area (Å²) in [7, 11) is 0. The second-order valence-corrected chi connectivity index (χ2v) is 10.1. The highest BCUT2D eigenvalue weighted by molar-refractivity contribution is 5.94. The molecule has 2 aromatic rings. The van der Waals surface area contributed by atoms with Crippen molar-refractivity contribution in [3.05, 3.63) is 71.3 Å². The van der Waals surface area contributed by atoms with Crippen LogP contribution in [-0.4, -0.2) is 30.4 Å². The van der Waals surface area contributed by atoms with E-state index in [1.54, 1.807) is 0 Å². The van der Waals surface area contributed by atoms with E-state index in [-0.39, 0.29) is 5.91 Å². The van der Waals surface area contributed by atoms with Gasteiger partial charge in [0.1, 0.15) is 0 Å².